The largest absolute Gasteiger partial charge is 0.271 e. The number of rotatable bonds is 3. The zero-order valence-corrected chi connectivity index (χ0v) is 10.5. The van der Waals surface area contributed by atoms with E-state index in [1.165, 1.54) is 19.3 Å². The Morgan fingerprint density at radius 2 is 2.00 bits per heavy atom. The van der Waals surface area contributed by atoms with Crippen LogP contribution in [0.2, 0.25) is 5.02 Å². The number of nitrogens with two attached hydrogens (primary N) is 1. The smallest absolute Gasteiger partial charge is 0.146 e. The van der Waals surface area contributed by atoms with Gasteiger partial charge in [-0.25, -0.2) is 4.39 Å². The van der Waals surface area contributed by atoms with E-state index < -0.39 is 0 Å². The Balaban J connectivity index is 2.24. The molecule has 1 saturated carbocycles. The van der Waals surface area contributed by atoms with Crippen LogP contribution in [0.4, 0.5) is 4.39 Å². The lowest BCUT2D eigenvalue weighted by atomic mass is 9.81. The van der Waals surface area contributed by atoms with Gasteiger partial charge in [0.15, 0.2) is 0 Å². The molecule has 1 atom stereocenters. The quantitative estimate of drug-likeness (QED) is 0.641. The summed E-state index contributed by atoms with van der Waals surface area (Å²) in [5.74, 6) is 5.65. The molecule has 94 valence electrons. The van der Waals surface area contributed by atoms with Crippen LogP contribution in [0.25, 0.3) is 0 Å². The summed E-state index contributed by atoms with van der Waals surface area (Å²) < 4.78 is 14.0. The van der Waals surface area contributed by atoms with Crippen molar-refractivity contribution in [1.82, 2.24) is 5.43 Å². The van der Waals surface area contributed by atoms with Gasteiger partial charge in [0.1, 0.15) is 5.82 Å². The first kappa shape index (κ1) is 12.8. The maximum absolute atomic E-state index is 14.0. The second kappa shape index (κ2) is 5.80. The van der Waals surface area contributed by atoms with Gasteiger partial charge in [-0.2, -0.15) is 0 Å². The Morgan fingerprint density at radius 1 is 1.29 bits per heavy atom. The summed E-state index contributed by atoms with van der Waals surface area (Å²) in [7, 11) is 0. The maximum Gasteiger partial charge on any atom is 0.146 e. The maximum atomic E-state index is 14.0. The molecule has 0 radical (unpaired) electrons. The fourth-order valence-electron chi connectivity index (χ4n) is 2.71. The molecule has 1 aliphatic carbocycles. The molecule has 3 N–H and O–H groups in total. The predicted octanol–water partition coefficient (Wildman–Crippen LogP) is 3.56. The van der Waals surface area contributed by atoms with Gasteiger partial charge in [-0.3, -0.25) is 11.3 Å². The monoisotopic (exact) mass is 256 g/mol. The highest BCUT2D eigenvalue weighted by Gasteiger charge is 2.26. The summed E-state index contributed by atoms with van der Waals surface area (Å²) in [6, 6.07) is 4.97. The van der Waals surface area contributed by atoms with E-state index in [9.17, 15) is 4.39 Å². The van der Waals surface area contributed by atoms with E-state index in [0.717, 1.165) is 12.8 Å². The zero-order valence-electron chi connectivity index (χ0n) is 9.76. The van der Waals surface area contributed by atoms with Crippen LogP contribution in [0, 0.1) is 11.7 Å². The van der Waals surface area contributed by atoms with Gasteiger partial charge in [-0.15, -0.1) is 0 Å². The van der Waals surface area contributed by atoms with Crippen LogP contribution in [0.1, 0.15) is 43.7 Å². The normalized spacial score (nSPS) is 19.2. The lowest BCUT2D eigenvalue weighted by Crippen LogP contribution is -2.35. The van der Waals surface area contributed by atoms with Gasteiger partial charge < -0.3 is 0 Å². The number of nitrogens with one attached hydrogen (secondary N) is 1. The van der Waals surface area contributed by atoms with Gasteiger partial charge in [-0.1, -0.05) is 43.0 Å². The highest BCUT2D eigenvalue weighted by molar-refractivity contribution is 6.30. The molecule has 1 aliphatic rings. The van der Waals surface area contributed by atoms with Crippen molar-refractivity contribution in [2.75, 3.05) is 0 Å². The molecule has 2 rings (SSSR count). The fraction of sp³-hybridized carbons (Fsp3) is 0.538. The summed E-state index contributed by atoms with van der Waals surface area (Å²) in [4.78, 5) is 0. The van der Waals surface area contributed by atoms with E-state index in [0.29, 0.717) is 11.5 Å². The topological polar surface area (TPSA) is 38.0 Å². The van der Waals surface area contributed by atoms with Crippen molar-refractivity contribution >= 4 is 11.6 Å². The van der Waals surface area contributed by atoms with Gasteiger partial charge in [0.25, 0.3) is 0 Å². The molecular formula is C13H18ClFN2. The molecule has 0 bridgehead atoms. The third kappa shape index (κ3) is 2.79. The highest BCUT2D eigenvalue weighted by Crippen LogP contribution is 2.36. The molecule has 17 heavy (non-hydrogen) atoms. The molecule has 0 saturated heterocycles. The Hall–Kier alpha value is -0.640. The van der Waals surface area contributed by atoms with Crippen molar-refractivity contribution in [3.05, 3.63) is 34.6 Å². The number of hydrogen-bond donors (Lipinski definition) is 2. The Bertz CT molecular complexity index is 378. The minimum absolute atomic E-state index is 0.131. The molecule has 0 aliphatic heterocycles. The molecule has 1 aromatic rings. The van der Waals surface area contributed by atoms with Crippen molar-refractivity contribution in [3.8, 4) is 0 Å². The molecule has 0 heterocycles. The van der Waals surface area contributed by atoms with Crippen molar-refractivity contribution < 1.29 is 4.39 Å². The first-order chi connectivity index (χ1) is 8.24. The van der Waals surface area contributed by atoms with Crippen LogP contribution >= 0.6 is 11.6 Å². The van der Waals surface area contributed by atoms with Crippen LogP contribution in [-0.2, 0) is 0 Å². The molecule has 4 heteroatoms. The molecule has 2 nitrogen and oxygen atoms in total. The molecular weight excluding hydrogens is 239 g/mol. The van der Waals surface area contributed by atoms with E-state index in [1.54, 1.807) is 18.2 Å². The molecule has 0 spiro atoms. The third-order valence-corrected chi connectivity index (χ3v) is 3.91. The second-order valence-electron chi connectivity index (χ2n) is 4.69. The Labute approximate surface area is 106 Å². The van der Waals surface area contributed by atoms with E-state index in [-0.39, 0.29) is 16.9 Å². The average molecular weight is 257 g/mol. The Kier molecular flexibility index (Phi) is 4.37. The number of hydrazine groups is 1. The van der Waals surface area contributed by atoms with Gasteiger partial charge in [-0.05, 0) is 24.8 Å². The SMILES string of the molecule is NNC(c1cccc(Cl)c1F)C1CCCCC1. The summed E-state index contributed by atoms with van der Waals surface area (Å²) in [6.45, 7) is 0. The van der Waals surface area contributed by atoms with Crippen LogP contribution in [0.3, 0.4) is 0 Å². The van der Waals surface area contributed by atoms with Crippen molar-refractivity contribution in [2.24, 2.45) is 11.8 Å². The summed E-state index contributed by atoms with van der Waals surface area (Å²) in [5.41, 5.74) is 3.35. The minimum Gasteiger partial charge on any atom is -0.271 e. The number of halogens is 2. The van der Waals surface area contributed by atoms with Crippen LogP contribution in [-0.4, -0.2) is 0 Å². The van der Waals surface area contributed by atoms with Gasteiger partial charge in [0, 0.05) is 5.56 Å². The van der Waals surface area contributed by atoms with Gasteiger partial charge in [0.05, 0.1) is 11.1 Å². The van der Waals surface area contributed by atoms with Crippen LogP contribution in [0.5, 0.6) is 0 Å². The molecule has 0 aromatic heterocycles. The van der Waals surface area contributed by atoms with Crippen molar-refractivity contribution in [1.29, 1.82) is 0 Å². The zero-order chi connectivity index (χ0) is 12.3. The summed E-state index contributed by atoms with van der Waals surface area (Å²) in [6.07, 6.45) is 5.86. The van der Waals surface area contributed by atoms with E-state index in [4.69, 9.17) is 17.4 Å². The van der Waals surface area contributed by atoms with E-state index in [1.807, 2.05) is 0 Å². The summed E-state index contributed by atoms with van der Waals surface area (Å²) >= 11 is 5.81. The van der Waals surface area contributed by atoms with E-state index >= 15 is 0 Å². The third-order valence-electron chi connectivity index (χ3n) is 3.62. The van der Waals surface area contributed by atoms with E-state index in [2.05, 4.69) is 5.43 Å². The molecule has 1 aromatic carbocycles. The summed E-state index contributed by atoms with van der Waals surface area (Å²) in [5, 5.41) is 0.165. The lowest BCUT2D eigenvalue weighted by molar-refractivity contribution is 0.269. The molecule has 0 amide bonds. The van der Waals surface area contributed by atoms with Crippen molar-refractivity contribution in [2.45, 2.75) is 38.1 Å². The average Bonchev–Trinajstić information content (AvgIpc) is 2.37. The number of benzene rings is 1. The highest BCUT2D eigenvalue weighted by atomic mass is 35.5. The Morgan fingerprint density at radius 3 is 2.65 bits per heavy atom. The standard InChI is InChI=1S/C13H18ClFN2/c14-11-8-4-7-10(12(11)15)13(17-16)9-5-2-1-3-6-9/h4,7-9,13,17H,1-3,5-6,16H2. The van der Waals surface area contributed by atoms with Gasteiger partial charge >= 0.3 is 0 Å². The first-order valence-corrected chi connectivity index (χ1v) is 6.52. The molecule has 1 fully saturated rings. The predicted molar refractivity (Wildman–Crippen MR) is 68.0 cm³/mol. The van der Waals surface area contributed by atoms with Crippen LogP contribution in [0.15, 0.2) is 18.2 Å². The first-order valence-electron chi connectivity index (χ1n) is 6.14. The number of hydrogen-bond acceptors (Lipinski definition) is 2. The lowest BCUT2D eigenvalue weighted by Gasteiger charge is -2.30. The molecule has 1 unspecified atom stereocenters. The van der Waals surface area contributed by atoms with Crippen LogP contribution < -0.4 is 11.3 Å². The van der Waals surface area contributed by atoms with Crippen molar-refractivity contribution in [3.63, 3.8) is 0 Å². The fourth-order valence-corrected chi connectivity index (χ4v) is 2.89. The second-order valence-corrected chi connectivity index (χ2v) is 5.09. The van der Waals surface area contributed by atoms with Gasteiger partial charge in [0.2, 0.25) is 0 Å². The minimum atomic E-state index is -0.345.